The van der Waals surface area contributed by atoms with Crippen LogP contribution in [-0.4, -0.2) is 27.6 Å². The number of aromatic nitrogens is 3. The number of hydrogen-bond donors (Lipinski definition) is 2. The summed E-state index contributed by atoms with van der Waals surface area (Å²) < 4.78 is 0. The number of H-pyrrole nitrogens is 1. The first-order chi connectivity index (χ1) is 7.97. The van der Waals surface area contributed by atoms with Gasteiger partial charge in [0.2, 0.25) is 5.82 Å². The van der Waals surface area contributed by atoms with Crippen LogP contribution in [0.2, 0.25) is 0 Å². The van der Waals surface area contributed by atoms with Crippen LogP contribution < -0.4 is 5.32 Å². The van der Waals surface area contributed by atoms with E-state index in [4.69, 9.17) is 0 Å². The predicted octanol–water partition coefficient (Wildman–Crippen LogP) is 1.63. The number of amides is 1. The van der Waals surface area contributed by atoms with Gasteiger partial charge in [-0.3, -0.25) is 9.89 Å². The van der Waals surface area contributed by atoms with Gasteiger partial charge in [-0.1, -0.05) is 27.2 Å². The molecule has 0 unspecified atom stereocenters. The molecule has 0 radical (unpaired) electrons. The smallest absolute Gasteiger partial charge is 0.290 e. The van der Waals surface area contributed by atoms with Crippen LogP contribution in [0.15, 0.2) is 0 Å². The predicted molar refractivity (Wildman–Crippen MR) is 64.8 cm³/mol. The van der Waals surface area contributed by atoms with Crippen molar-refractivity contribution in [2.75, 3.05) is 6.54 Å². The Bertz CT molecular complexity index is 401. The van der Waals surface area contributed by atoms with E-state index in [1.54, 1.807) is 0 Å². The van der Waals surface area contributed by atoms with Gasteiger partial charge in [0.05, 0.1) is 0 Å². The summed E-state index contributed by atoms with van der Waals surface area (Å²) >= 11 is 0. The number of nitrogens with zero attached hydrogens (tertiary/aromatic N) is 2. The fourth-order valence-corrected chi connectivity index (χ4v) is 1.71. The average molecular weight is 236 g/mol. The molecule has 94 valence electrons. The Labute approximate surface area is 101 Å². The summed E-state index contributed by atoms with van der Waals surface area (Å²) in [5, 5.41) is 9.66. The van der Waals surface area contributed by atoms with Crippen molar-refractivity contribution < 1.29 is 4.79 Å². The molecular formula is C12H20N4O. The van der Waals surface area contributed by atoms with Crippen LogP contribution in [0.4, 0.5) is 0 Å². The zero-order valence-corrected chi connectivity index (χ0v) is 10.7. The van der Waals surface area contributed by atoms with Gasteiger partial charge in [-0.2, -0.15) is 0 Å². The second kappa shape index (κ2) is 4.47. The Kier molecular flexibility index (Phi) is 3.17. The molecule has 1 amide bonds. The minimum Gasteiger partial charge on any atom is -0.349 e. The second-order valence-electron chi connectivity index (χ2n) is 5.76. The molecule has 2 rings (SSSR count). The van der Waals surface area contributed by atoms with E-state index in [2.05, 4.69) is 20.5 Å². The summed E-state index contributed by atoms with van der Waals surface area (Å²) in [5.41, 5.74) is -0.112. The van der Waals surface area contributed by atoms with E-state index in [0.29, 0.717) is 5.92 Å². The summed E-state index contributed by atoms with van der Waals surface area (Å²) in [4.78, 5) is 16.0. The molecular weight excluding hydrogens is 216 g/mol. The Morgan fingerprint density at radius 3 is 2.65 bits per heavy atom. The lowest BCUT2D eigenvalue weighted by molar-refractivity contribution is 0.0929. The SMILES string of the molecule is CC(C)(C)c1nc(C(=O)NCC2CCC2)n[nH]1. The molecule has 0 aromatic carbocycles. The molecule has 17 heavy (non-hydrogen) atoms. The fourth-order valence-electron chi connectivity index (χ4n) is 1.71. The normalized spacial score (nSPS) is 16.6. The van der Waals surface area contributed by atoms with Crippen LogP contribution >= 0.6 is 0 Å². The van der Waals surface area contributed by atoms with Crippen molar-refractivity contribution in [3.05, 3.63) is 11.6 Å². The van der Waals surface area contributed by atoms with Crippen LogP contribution in [0.1, 0.15) is 56.5 Å². The quantitative estimate of drug-likeness (QED) is 0.838. The zero-order valence-electron chi connectivity index (χ0n) is 10.7. The molecule has 1 aliphatic rings. The number of carbonyl (C=O) groups is 1. The molecule has 0 aliphatic heterocycles. The van der Waals surface area contributed by atoms with E-state index in [1.807, 2.05) is 20.8 Å². The van der Waals surface area contributed by atoms with Gasteiger partial charge < -0.3 is 5.32 Å². The van der Waals surface area contributed by atoms with Crippen molar-refractivity contribution in [2.24, 2.45) is 5.92 Å². The molecule has 1 saturated carbocycles. The largest absolute Gasteiger partial charge is 0.349 e. The Hall–Kier alpha value is -1.39. The van der Waals surface area contributed by atoms with Gasteiger partial charge in [0.1, 0.15) is 5.82 Å². The number of carbonyl (C=O) groups excluding carboxylic acids is 1. The molecule has 1 aromatic rings. The van der Waals surface area contributed by atoms with Crippen LogP contribution in [0.5, 0.6) is 0 Å². The number of rotatable bonds is 3. The third kappa shape index (κ3) is 2.84. The van der Waals surface area contributed by atoms with Crippen LogP contribution in [0, 0.1) is 5.92 Å². The third-order valence-electron chi connectivity index (χ3n) is 3.17. The lowest BCUT2D eigenvalue weighted by Crippen LogP contribution is -2.32. The molecule has 1 aromatic heterocycles. The molecule has 1 aliphatic carbocycles. The van der Waals surface area contributed by atoms with E-state index in [0.717, 1.165) is 12.4 Å². The Morgan fingerprint density at radius 2 is 2.18 bits per heavy atom. The maximum Gasteiger partial charge on any atom is 0.290 e. The lowest BCUT2D eigenvalue weighted by Gasteiger charge is -2.24. The first-order valence-electron chi connectivity index (χ1n) is 6.18. The van der Waals surface area contributed by atoms with E-state index in [-0.39, 0.29) is 17.1 Å². The molecule has 5 nitrogen and oxygen atoms in total. The topological polar surface area (TPSA) is 70.7 Å². The summed E-state index contributed by atoms with van der Waals surface area (Å²) in [6.07, 6.45) is 3.73. The molecule has 0 bridgehead atoms. The van der Waals surface area contributed by atoms with Crippen molar-refractivity contribution in [1.82, 2.24) is 20.5 Å². The summed E-state index contributed by atoms with van der Waals surface area (Å²) in [6, 6.07) is 0. The second-order valence-corrected chi connectivity index (χ2v) is 5.76. The molecule has 0 atom stereocenters. The van der Waals surface area contributed by atoms with Crippen molar-refractivity contribution in [3.8, 4) is 0 Å². The molecule has 0 spiro atoms. The Balaban J connectivity index is 1.92. The first kappa shape index (κ1) is 12.1. The van der Waals surface area contributed by atoms with Crippen molar-refractivity contribution in [2.45, 2.75) is 45.4 Å². The minimum atomic E-state index is -0.177. The third-order valence-corrected chi connectivity index (χ3v) is 3.17. The van der Waals surface area contributed by atoms with Gasteiger partial charge in [0, 0.05) is 12.0 Å². The molecule has 1 heterocycles. The Morgan fingerprint density at radius 1 is 1.47 bits per heavy atom. The minimum absolute atomic E-state index is 0.112. The maximum absolute atomic E-state index is 11.8. The van der Waals surface area contributed by atoms with Crippen LogP contribution in [0.25, 0.3) is 0 Å². The summed E-state index contributed by atoms with van der Waals surface area (Å²) in [6.45, 7) is 6.84. The molecule has 1 fully saturated rings. The van der Waals surface area contributed by atoms with E-state index >= 15 is 0 Å². The van der Waals surface area contributed by atoms with Crippen molar-refractivity contribution >= 4 is 5.91 Å². The standard InChI is InChI=1S/C12H20N4O/c1-12(2,3)11-14-9(15-16-11)10(17)13-7-8-5-4-6-8/h8H,4-7H2,1-3H3,(H,13,17)(H,14,15,16). The van der Waals surface area contributed by atoms with Gasteiger partial charge in [-0.05, 0) is 18.8 Å². The molecule has 2 N–H and O–H groups in total. The van der Waals surface area contributed by atoms with Gasteiger partial charge in [0.25, 0.3) is 5.91 Å². The maximum atomic E-state index is 11.8. The van der Waals surface area contributed by atoms with E-state index in [1.165, 1.54) is 19.3 Å². The highest BCUT2D eigenvalue weighted by Crippen LogP contribution is 2.25. The fraction of sp³-hybridized carbons (Fsp3) is 0.750. The van der Waals surface area contributed by atoms with Crippen LogP contribution in [-0.2, 0) is 5.41 Å². The monoisotopic (exact) mass is 236 g/mol. The van der Waals surface area contributed by atoms with E-state index < -0.39 is 0 Å². The number of aromatic amines is 1. The number of nitrogens with one attached hydrogen (secondary N) is 2. The summed E-state index contributed by atoms with van der Waals surface area (Å²) in [7, 11) is 0. The van der Waals surface area contributed by atoms with Crippen LogP contribution in [0.3, 0.4) is 0 Å². The highest BCUT2D eigenvalue weighted by Gasteiger charge is 2.22. The molecule has 0 saturated heterocycles. The van der Waals surface area contributed by atoms with Gasteiger partial charge >= 0.3 is 0 Å². The highest BCUT2D eigenvalue weighted by atomic mass is 16.2. The highest BCUT2D eigenvalue weighted by molar-refractivity contribution is 5.90. The van der Waals surface area contributed by atoms with Crippen molar-refractivity contribution in [1.29, 1.82) is 0 Å². The number of hydrogen-bond acceptors (Lipinski definition) is 3. The first-order valence-corrected chi connectivity index (χ1v) is 6.18. The average Bonchev–Trinajstić information content (AvgIpc) is 2.62. The lowest BCUT2D eigenvalue weighted by atomic mass is 9.85. The van der Waals surface area contributed by atoms with Gasteiger partial charge in [0.15, 0.2) is 0 Å². The zero-order chi connectivity index (χ0) is 12.5. The van der Waals surface area contributed by atoms with E-state index in [9.17, 15) is 4.79 Å². The van der Waals surface area contributed by atoms with Gasteiger partial charge in [-0.15, -0.1) is 5.10 Å². The molecule has 5 heteroatoms. The van der Waals surface area contributed by atoms with Crippen molar-refractivity contribution in [3.63, 3.8) is 0 Å². The van der Waals surface area contributed by atoms with Gasteiger partial charge in [-0.25, -0.2) is 4.98 Å². The summed E-state index contributed by atoms with van der Waals surface area (Å²) in [5.74, 6) is 1.46.